The van der Waals surface area contributed by atoms with E-state index in [-0.39, 0.29) is 0 Å². The predicted octanol–water partition coefficient (Wildman–Crippen LogP) is 34.1. The van der Waals surface area contributed by atoms with Gasteiger partial charge in [0.25, 0.3) is 0 Å². The largest absolute Gasteiger partial charge is 0.0651 e. The summed E-state index contributed by atoms with van der Waals surface area (Å²) in [7, 11) is 0. The van der Waals surface area contributed by atoms with Gasteiger partial charge in [0.1, 0.15) is 0 Å². The van der Waals surface area contributed by atoms with Crippen LogP contribution in [0.3, 0.4) is 0 Å². The van der Waals surface area contributed by atoms with Crippen LogP contribution < -0.4 is 0 Å². The molecule has 0 spiro atoms. The highest BCUT2D eigenvalue weighted by atomic mass is 14.5. The van der Waals surface area contributed by atoms with E-state index < -0.39 is 0 Å². The van der Waals surface area contributed by atoms with Crippen LogP contribution >= 0.6 is 0 Å². The fourth-order valence-corrected chi connectivity index (χ4v) is 25.4. The first-order chi connectivity index (χ1) is 44.7. The highest BCUT2D eigenvalue weighted by Gasteiger charge is 2.47. The van der Waals surface area contributed by atoms with E-state index in [0.29, 0.717) is 65.0 Å². The van der Waals surface area contributed by atoms with Crippen molar-refractivity contribution in [3.63, 3.8) is 0 Å². The second kappa shape index (κ2) is 37.4. The molecule has 12 aliphatic carbocycles. The third-order valence-electron chi connectivity index (χ3n) is 31.5. The van der Waals surface area contributed by atoms with Crippen molar-refractivity contribution in [3.05, 3.63) is 0 Å². The summed E-state index contributed by atoms with van der Waals surface area (Å²) in [6, 6.07) is 0. The van der Waals surface area contributed by atoms with Gasteiger partial charge in [-0.05, 0) is 307 Å². The Hall–Kier alpha value is 0. The Labute approximate surface area is 629 Å². The minimum Gasteiger partial charge on any atom is -0.0651 e. The molecule has 0 heteroatoms. The molecule has 0 aromatic carbocycles. The molecular formula is C99H194. The lowest BCUT2D eigenvalue weighted by Crippen LogP contribution is -2.38. The van der Waals surface area contributed by atoms with E-state index >= 15 is 0 Å². The third-order valence-corrected chi connectivity index (χ3v) is 31.5. The monoisotopic (exact) mass is 1380 g/mol. The van der Waals surface area contributed by atoms with Crippen molar-refractivity contribution in [2.45, 2.75) is 474 Å². The van der Waals surface area contributed by atoms with Gasteiger partial charge in [-0.1, -0.05) is 327 Å². The van der Waals surface area contributed by atoms with Gasteiger partial charge in [-0.15, -0.1) is 0 Å². The standard InChI is InChI=1S/2C12H24.2C11H22.2C9H16.3C9H18.C8H16/c1-10(2)7-11(3,4)9-12(5,6)8-10;1-6-10-7-11(2,3)9-12(4,5)8-10;1-9-6-10(2,3)8-11(4,5)7-9;1-9-10(2,3)7-6-8-11(9,4)5;1-7-5-8-3-4-9(7,2)6-8;1-6-7(2)9-4-3-8(6)5-9;1-8-4-6-9(2,3)7-5-8;1-8-6-4-5-7-9(8,2)3;1-7-5-4-6-8(2)9(7)3;1-8(2,3)7-5-4-6-7/h7-9H2,1-6H3;10H,6-9H2,1-5H3;2*9H,6-8H2,1-5H3;7-8H,3-6H2,1-2H3;6-9H,3-5H2,1-2H3;2*8H,4-7H2,1-3H3;7-9H,4-6H2,1-3H3;7H,4-6H2,1-3H3/t;;;;7-,8?,9?;6-,7?,8?,9?;;8-;;/m....00.1../s1. The molecule has 4 bridgehead atoms. The zero-order valence-electron chi connectivity index (χ0n) is 76.2. The smallest absolute Gasteiger partial charge is 0.0297 e. The van der Waals surface area contributed by atoms with Crippen LogP contribution in [-0.4, -0.2) is 0 Å². The first-order valence-electron chi connectivity index (χ1n) is 44.7. The molecule has 12 fully saturated rings. The van der Waals surface area contributed by atoms with Gasteiger partial charge >= 0.3 is 0 Å². The predicted molar refractivity (Wildman–Crippen MR) is 451 cm³/mol. The molecule has 590 valence electrons. The van der Waals surface area contributed by atoms with Crippen LogP contribution in [0.1, 0.15) is 474 Å². The summed E-state index contributed by atoms with van der Waals surface area (Å²) < 4.78 is 0. The van der Waals surface area contributed by atoms with Gasteiger partial charge in [0.15, 0.2) is 0 Å². The van der Waals surface area contributed by atoms with Crippen molar-refractivity contribution in [1.82, 2.24) is 0 Å². The molecule has 12 rings (SSSR count). The van der Waals surface area contributed by atoms with Crippen molar-refractivity contribution >= 4 is 0 Å². The summed E-state index contributed by atoms with van der Waals surface area (Å²) in [4.78, 5) is 0. The average molecular weight is 1380 g/mol. The maximum atomic E-state index is 2.48. The Morgan fingerprint density at radius 2 is 0.697 bits per heavy atom. The van der Waals surface area contributed by atoms with Crippen LogP contribution in [0.25, 0.3) is 0 Å². The van der Waals surface area contributed by atoms with E-state index in [2.05, 4.69) is 256 Å². The fraction of sp³-hybridized carbons (Fsp3) is 1.00. The quantitative estimate of drug-likeness (QED) is 0.245. The molecule has 7 unspecified atom stereocenters. The Morgan fingerprint density at radius 1 is 0.303 bits per heavy atom. The molecule has 0 N–H and O–H groups in total. The fourth-order valence-electron chi connectivity index (χ4n) is 25.4. The van der Waals surface area contributed by atoms with E-state index in [0.717, 1.165) is 94.2 Å². The molecule has 0 aliphatic heterocycles. The Kier molecular flexibility index (Phi) is 35.2. The first-order valence-corrected chi connectivity index (χ1v) is 44.7. The third kappa shape index (κ3) is 32.8. The molecule has 0 radical (unpaired) electrons. The van der Waals surface area contributed by atoms with Gasteiger partial charge in [0.05, 0.1) is 0 Å². The Bertz CT molecular complexity index is 2100. The molecule has 0 aromatic heterocycles. The summed E-state index contributed by atoms with van der Waals surface area (Å²) in [6.45, 7) is 88.9. The van der Waals surface area contributed by atoms with Crippen LogP contribution in [-0.2, 0) is 0 Å². The molecule has 0 heterocycles. The number of rotatable bonds is 1. The van der Waals surface area contributed by atoms with Crippen LogP contribution in [0.5, 0.6) is 0 Å². The molecule has 0 nitrogen and oxygen atoms in total. The lowest BCUT2D eigenvalue weighted by Gasteiger charge is -2.49. The summed E-state index contributed by atoms with van der Waals surface area (Å²) in [5.74, 6) is 15.1. The second-order valence-electron chi connectivity index (χ2n) is 49.5. The Balaban J connectivity index is 0.000000287. The van der Waals surface area contributed by atoms with Gasteiger partial charge in [-0.2, -0.15) is 0 Å². The number of hydrogen-bond donors (Lipinski definition) is 0. The van der Waals surface area contributed by atoms with Crippen LogP contribution in [0.15, 0.2) is 0 Å². The zero-order valence-corrected chi connectivity index (χ0v) is 76.2. The molecule has 12 aliphatic rings. The lowest BCUT2D eigenvalue weighted by atomic mass is 9.56. The topological polar surface area (TPSA) is 0 Å². The van der Waals surface area contributed by atoms with Crippen molar-refractivity contribution in [1.29, 1.82) is 0 Å². The maximum absolute atomic E-state index is 2.48. The van der Waals surface area contributed by atoms with Gasteiger partial charge in [0.2, 0.25) is 0 Å². The van der Waals surface area contributed by atoms with Crippen molar-refractivity contribution in [2.75, 3.05) is 0 Å². The summed E-state index contributed by atoms with van der Waals surface area (Å²) >= 11 is 0. The van der Waals surface area contributed by atoms with E-state index in [1.165, 1.54) is 212 Å². The highest BCUT2D eigenvalue weighted by molar-refractivity contribution is 4.98. The maximum Gasteiger partial charge on any atom is -0.0297 e. The average Bonchev–Trinajstić information content (AvgIpc) is 1.51. The molecule has 10 atom stereocenters. The van der Waals surface area contributed by atoms with Gasteiger partial charge in [-0.25, -0.2) is 0 Å². The summed E-state index contributed by atoms with van der Waals surface area (Å²) in [6.07, 6.45) is 49.4. The molecule has 99 heavy (non-hydrogen) atoms. The zero-order chi connectivity index (χ0) is 76.2. The van der Waals surface area contributed by atoms with E-state index in [9.17, 15) is 0 Å². The molecule has 0 amide bonds. The van der Waals surface area contributed by atoms with E-state index in [4.69, 9.17) is 0 Å². The molecule has 0 saturated heterocycles. The normalized spacial score (nSPS) is 36.0. The van der Waals surface area contributed by atoms with E-state index in [1.807, 2.05) is 0 Å². The molecular weight excluding hydrogens is 1190 g/mol. The van der Waals surface area contributed by atoms with Crippen LogP contribution in [0.4, 0.5) is 0 Å². The van der Waals surface area contributed by atoms with Crippen LogP contribution in [0.2, 0.25) is 0 Å². The minimum atomic E-state index is 0.547. The van der Waals surface area contributed by atoms with Crippen molar-refractivity contribution in [3.8, 4) is 0 Å². The van der Waals surface area contributed by atoms with Crippen molar-refractivity contribution < 1.29 is 0 Å². The highest BCUT2D eigenvalue weighted by Crippen LogP contribution is 2.58. The molecule has 0 aromatic rings. The number of fused-ring (bicyclic) bond motifs is 4. The lowest BCUT2D eigenvalue weighted by molar-refractivity contribution is 0.0202. The summed E-state index contributed by atoms with van der Waals surface area (Å²) in [5.41, 5.74) is 7.78. The van der Waals surface area contributed by atoms with Gasteiger partial charge in [0, 0.05) is 0 Å². The second-order valence-corrected chi connectivity index (χ2v) is 49.5. The van der Waals surface area contributed by atoms with Crippen molar-refractivity contribution in [2.24, 2.45) is 159 Å². The summed E-state index contributed by atoms with van der Waals surface area (Å²) in [5, 5.41) is 0. The number of hydrogen-bond acceptors (Lipinski definition) is 0. The minimum absolute atomic E-state index is 0.547. The SMILES string of the molecule is CC(C)(C)C1CCC1.CC1(C)CC(C)(C)CC(C)(C)C1.CC1C(C)(C)CCCC1(C)C.CC1C2CCC(C2)[C@H]1C.CC1CC(C)(C)CC(C)(C)C1.CC1CCC(C)(C)CC1.CC1CCCC(C)C1C.CCC1CC(C)(C)CC(C)(C)C1.C[C@@H]1CCCCC1(C)C.C[C@H]1CC2CCC1(C)C2. The first kappa shape index (κ1) is 93.2. The molecule has 12 saturated carbocycles. The Morgan fingerprint density at radius 3 is 0.939 bits per heavy atom. The van der Waals surface area contributed by atoms with Gasteiger partial charge in [-0.3, -0.25) is 0 Å². The van der Waals surface area contributed by atoms with Gasteiger partial charge < -0.3 is 0 Å². The van der Waals surface area contributed by atoms with E-state index in [1.54, 1.807) is 6.42 Å². The van der Waals surface area contributed by atoms with Crippen LogP contribution in [0, 0.1) is 159 Å².